The largest absolute Gasteiger partial charge is 0.482 e. The standard InChI is InChI=1S/C21H20N2O4/c1-14-19(27-18-12-6-5-11-17(18)26-14)21(25)23-13-7-9-15-8-3-4-10-16(15)20(24)22-2/h3-6,8,10-12,14,19H,13H2,1-2H3,(H,22,24)(H,23,25). The quantitative estimate of drug-likeness (QED) is 0.814. The highest BCUT2D eigenvalue weighted by Gasteiger charge is 2.33. The first-order valence-electron chi connectivity index (χ1n) is 8.60. The predicted molar refractivity (Wildman–Crippen MR) is 101 cm³/mol. The number of para-hydroxylation sites is 2. The Morgan fingerprint density at radius 2 is 1.70 bits per heavy atom. The van der Waals surface area contributed by atoms with Crippen molar-refractivity contribution in [3.05, 3.63) is 59.7 Å². The molecule has 1 aliphatic rings. The molecule has 2 amide bonds. The van der Waals surface area contributed by atoms with Crippen LogP contribution in [-0.2, 0) is 4.79 Å². The van der Waals surface area contributed by atoms with Crippen LogP contribution in [0.15, 0.2) is 48.5 Å². The molecule has 6 heteroatoms. The molecule has 2 aromatic carbocycles. The number of ether oxygens (including phenoxy) is 2. The van der Waals surface area contributed by atoms with Gasteiger partial charge in [-0.1, -0.05) is 36.1 Å². The maximum Gasteiger partial charge on any atom is 0.265 e. The van der Waals surface area contributed by atoms with Gasteiger partial charge in [-0.05, 0) is 31.2 Å². The van der Waals surface area contributed by atoms with E-state index in [9.17, 15) is 9.59 Å². The number of fused-ring (bicyclic) bond motifs is 1. The summed E-state index contributed by atoms with van der Waals surface area (Å²) >= 11 is 0. The zero-order valence-corrected chi connectivity index (χ0v) is 15.1. The minimum absolute atomic E-state index is 0.134. The Morgan fingerprint density at radius 1 is 1.04 bits per heavy atom. The first kappa shape index (κ1) is 18.3. The number of carbonyl (C=O) groups excluding carboxylic acids is 2. The van der Waals surface area contributed by atoms with Gasteiger partial charge in [0, 0.05) is 12.6 Å². The van der Waals surface area contributed by atoms with Crippen molar-refractivity contribution >= 4 is 11.8 Å². The lowest BCUT2D eigenvalue weighted by Gasteiger charge is -2.30. The molecule has 27 heavy (non-hydrogen) atoms. The Hall–Kier alpha value is -3.46. The van der Waals surface area contributed by atoms with Crippen LogP contribution in [0.5, 0.6) is 11.5 Å². The van der Waals surface area contributed by atoms with E-state index >= 15 is 0 Å². The molecule has 1 aliphatic heterocycles. The smallest absolute Gasteiger partial charge is 0.265 e. The van der Waals surface area contributed by atoms with Crippen molar-refractivity contribution in [1.82, 2.24) is 10.6 Å². The molecule has 0 aromatic heterocycles. The maximum atomic E-state index is 12.4. The van der Waals surface area contributed by atoms with Crippen LogP contribution in [0.1, 0.15) is 22.8 Å². The highest BCUT2D eigenvalue weighted by atomic mass is 16.6. The normalized spacial score (nSPS) is 17.3. The number of amides is 2. The van der Waals surface area contributed by atoms with Gasteiger partial charge in [0.05, 0.1) is 12.1 Å². The minimum atomic E-state index is -0.750. The Balaban J connectivity index is 1.62. The number of rotatable bonds is 3. The first-order chi connectivity index (χ1) is 13.1. The van der Waals surface area contributed by atoms with Crippen LogP contribution in [-0.4, -0.2) is 37.6 Å². The monoisotopic (exact) mass is 364 g/mol. The van der Waals surface area contributed by atoms with Gasteiger partial charge in [-0.2, -0.15) is 0 Å². The highest BCUT2D eigenvalue weighted by Crippen LogP contribution is 2.33. The van der Waals surface area contributed by atoms with Crippen molar-refractivity contribution in [3.63, 3.8) is 0 Å². The van der Waals surface area contributed by atoms with Crippen LogP contribution >= 0.6 is 0 Å². The third kappa shape index (κ3) is 4.21. The first-order valence-corrected chi connectivity index (χ1v) is 8.60. The Morgan fingerprint density at radius 3 is 2.44 bits per heavy atom. The summed E-state index contributed by atoms with van der Waals surface area (Å²) in [6, 6.07) is 14.3. The zero-order valence-electron chi connectivity index (χ0n) is 15.1. The summed E-state index contributed by atoms with van der Waals surface area (Å²) in [5.74, 6) is 6.45. The second-order valence-corrected chi connectivity index (χ2v) is 5.95. The van der Waals surface area contributed by atoms with Gasteiger partial charge in [-0.15, -0.1) is 0 Å². The molecule has 0 fully saturated rings. The van der Waals surface area contributed by atoms with Gasteiger partial charge in [-0.3, -0.25) is 9.59 Å². The van der Waals surface area contributed by atoms with Crippen molar-refractivity contribution in [2.45, 2.75) is 19.1 Å². The van der Waals surface area contributed by atoms with E-state index in [4.69, 9.17) is 9.47 Å². The molecule has 2 aromatic rings. The second kappa shape index (κ2) is 8.28. The Labute approximate surface area is 157 Å². The molecule has 0 saturated carbocycles. The molecular weight excluding hydrogens is 344 g/mol. The van der Waals surface area contributed by atoms with Crippen LogP contribution in [0.2, 0.25) is 0 Å². The molecule has 2 atom stereocenters. The van der Waals surface area contributed by atoms with Gasteiger partial charge in [0.15, 0.2) is 11.5 Å². The Bertz CT molecular complexity index is 914. The summed E-state index contributed by atoms with van der Waals surface area (Å²) in [6.07, 6.45) is -1.17. The van der Waals surface area contributed by atoms with Gasteiger partial charge in [0.2, 0.25) is 6.10 Å². The molecule has 0 aliphatic carbocycles. The summed E-state index contributed by atoms with van der Waals surface area (Å²) in [7, 11) is 1.57. The van der Waals surface area contributed by atoms with E-state index in [-0.39, 0.29) is 18.4 Å². The fourth-order valence-electron chi connectivity index (χ4n) is 2.70. The second-order valence-electron chi connectivity index (χ2n) is 5.95. The third-order valence-corrected chi connectivity index (χ3v) is 4.07. The van der Waals surface area contributed by atoms with Gasteiger partial charge in [0.25, 0.3) is 11.8 Å². The number of carbonyl (C=O) groups is 2. The average molecular weight is 364 g/mol. The number of hydrogen-bond acceptors (Lipinski definition) is 4. The lowest BCUT2D eigenvalue weighted by atomic mass is 10.1. The molecule has 0 spiro atoms. The predicted octanol–water partition coefficient (Wildman–Crippen LogP) is 1.74. The lowest BCUT2D eigenvalue weighted by Crippen LogP contribution is -2.49. The molecular formula is C21H20N2O4. The van der Waals surface area contributed by atoms with Crippen molar-refractivity contribution in [3.8, 4) is 23.3 Å². The summed E-state index contributed by atoms with van der Waals surface area (Å²) in [5.41, 5.74) is 1.10. The van der Waals surface area contributed by atoms with Gasteiger partial charge >= 0.3 is 0 Å². The van der Waals surface area contributed by atoms with E-state index in [2.05, 4.69) is 22.5 Å². The molecule has 0 radical (unpaired) electrons. The van der Waals surface area contributed by atoms with Crippen LogP contribution in [0.4, 0.5) is 0 Å². The van der Waals surface area contributed by atoms with E-state index < -0.39 is 12.2 Å². The molecule has 138 valence electrons. The zero-order chi connectivity index (χ0) is 19.2. The molecule has 2 N–H and O–H groups in total. The van der Waals surface area contributed by atoms with Crippen LogP contribution in [0.3, 0.4) is 0 Å². The van der Waals surface area contributed by atoms with Crippen LogP contribution < -0.4 is 20.1 Å². The topological polar surface area (TPSA) is 76.7 Å². The van der Waals surface area contributed by atoms with Gasteiger partial charge < -0.3 is 20.1 Å². The number of nitrogens with one attached hydrogen (secondary N) is 2. The molecule has 2 unspecified atom stereocenters. The SMILES string of the molecule is CNC(=O)c1ccccc1C#CCNC(=O)C1Oc2ccccc2OC1C. The lowest BCUT2D eigenvalue weighted by molar-refractivity contribution is -0.133. The Kier molecular flexibility index (Phi) is 5.62. The highest BCUT2D eigenvalue weighted by molar-refractivity contribution is 5.96. The van der Waals surface area contributed by atoms with E-state index in [1.165, 1.54) is 0 Å². The van der Waals surface area contributed by atoms with Crippen molar-refractivity contribution in [2.24, 2.45) is 0 Å². The maximum absolute atomic E-state index is 12.4. The van der Waals surface area contributed by atoms with Crippen LogP contribution in [0, 0.1) is 11.8 Å². The van der Waals surface area contributed by atoms with Crippen LogP contribution in [0.25, 0.3) is 0 Å². The van der Waals surface area contributed by atoms with E-state index in [0.717, 1.165) is 0 Å². The van der Waals surface area contributed by atoms with Crippen molar-refractivity contribution < 1.29 is 19.1 Å². The van der Waals surface area contributed by atoms with Gasteiger partial charge in [-0.25, -0.2) is 0 Å². The van der Waals surface area contributed by atoms with Crippen molar-refractivity contribution in [1.29, 1.82) is 0 Å². The van der Waals surface area contributed by atoms with E-state index in [1.54, 1.807) is 50.4 Å². The fourth-order valence-corrected chi connectivity index (χ4v) is 2.70. The summed E-state index contributed by atoms with van der Waals surface area (Å²) in [6.45, 7) is 1.92. The molecule has 0 saturated heterocycles. The van der Waals surface area contributed by atoms with E-state index in [0.29, 0.717) is 22.6 Å². The fraction of sp³-hybridized carbons (Fsp3) is 0.238. The number of benzene rings is 2. The third-order valence-electron chi connectivity index (χ3n) is 4.07. The minimum Gasteiger partial charge on any atom is -0.482 e. The summed E-state index contributed by atoms with van der Waals surface area (Å²) < 4.78 is 11.5. The average Bonchev–Trinajstić information content (AvgIpc) is 2.70. The number of hydrogen-bond donors (Lipinski definition) is 2. The van der Waals surface area contributed by atoms with E-state index in [1.807, 2.05) is 12.1 Å². The molecule has 3 rings (SSSR count). The molecule has 6 nitrogen and oxygen atoms in total. The molecule has 1 heterocycles. The summed E-state index contributed by atoms with van der Waals surface area (Å²) in [5, 5.41) is 5.31. The van der Waals surface area contributed by atoms with Crippen molar-refractivity contribution in [2.75, 3.05) is 13.6 Å². The molecule has 0 bridgehead atoms. The summed E-state index contributed by atoms with van der Waals surface area (Å²) in [4.78, 5) is 24.2. The van der Waals surface area contributed by atoms with Gasteiger partial charge in [0.1, 0.15) is 6.10 Å².